The molecule has 2 amide bonds. The number of aliphatic imine (C=N–C) groups is 1. The first-order valence-electron chi connectivity index (χ1n) is 8.55. The predicted octanol–water partition coefficient (Wildman–Crippen LogP) is 3.38. The molecule has 2 atom stereocenters. The summed E-state index contributed by atoms with van der Waals surface area (Å²) >= 11 is 1.49. The first-order chi connectivity index (χ1) is 13.5. The Balaban J connectivity index is 1.72. The van der Waals surface area contributed by atoms with Crippen LogP contribution in [0.25, 0.3) is 11.3 Å². The molecule has 28 heavy (non-hydrogen) atoms. The van der Waals surface area contributed by atoms with E-state index in [0.717, 1.165) is 21.8 Å². The number of nitrogens with zero attached hydrogens (tertiary/aromatic N) is 3. The van der Waals surface area contributed by atoms with Crippen molar-refractivity contribution in [3.8, 4) is 17.3 Å². The van der Waals surface area contributed by atoms with Crippen molar-refractivity contribution in [3.05, 3.63) is 74.5 Å². The van der Waals surface area contributed by atoms with E-state index in [-0.39, 0.29) is 17.5 Å². The Kier molecular flexibility index (Phi) is 4.59. The maximum atomic E-state index is 12.0. The van der Waals surface area contributed by atoms with Crippen molar-refractivity contribution < 1.29 is 4.79 Å². The van der Waals surface area contributed by atoms with Crippen molar-refractivity contribution in [1.29, 1.82) is 5.26 Å². The number of rotatable bonds is 3. The number of H-pyrrole nitrogens is 1. The minimum Gasteiger partial charge on any atom is -0.329 e. The molecule has 2 N–H and O–H groups in total. The topological polar surface area (TPSA) is 111 Å². The number of carbonyl (C=O) groups is 1. The van der Waals surface area contributed by atoms with Crippen LogP contribution in [-0.2, 0) is 0 Å². The van der Waals surface area contributed by atoms with Crippen LogP contribution in [0.1, 0.15) is 35.0 Å². The average Bonchev–Trinajstić information content (AvgIpc) is 3.17. The number of nitrogens with one attached hydrogen (secondary N) is 2. The summed E-state index contributed by atoms with van der Waals surface area (Å²) in [4.78, 5) is 34.8. The summed E-state index contributed by atoms with van der Waals surface area (Å²) in [6.07, 6.45) is 1.61. The molecule has 2 aromatic heterocycles. The van der Waals surface area contributed by atoms with Gasteiger partial charge in [0.2, 0.25) is 5.56 Å². The number of hydrogen-bond acceptors (Lipinski definition) is 5. The smallest absolute Gasteiger partial charge is 0.329 e. The quantitative estimate of drug-likeness (QED) is 0.715. The summed E-state index contributed by atoms with van der Waals surface area (Å²) in [5.74, 6) is -0.235. The molecule has 0 saturated heterocycles. The minimum absolute atomic E-state index is 0.204. The van der Waals surface area contributed by atoms with Crippen LogP contribution in [-0.4, -0.2) is 21.7 Å². The van der Waals surface area contributed by atoms with Crippen LogP contribution in [0.3, 0.4) is 0 Å². The Morgan fingerprint density at radius 1 is 1.14 bits per heavy atom. The van der Waals surface area contributed by atoms with Gasteiger partial charge in [0.05, 0.1) is 29.3 Å². The van der Waals surface area contributed by atoms with Crippen LogP contribution in [0.4, 0.5) is 4.79 Å². The van der Waals surface area contributed by atoms with E-state index in [0.29, 0.717) is 11.3 Å². The van der Waals surface area contributed by atoms with Crippen LogP contribution in [0, 0.1) is 11.3 Å². The van der Waals surface area contributed by atoms with Gasteiger partial charge < -0.3 is 10.3 Å². The van der Waals surface area contributed by atoms with Crippen LogP contribution in [0.5, 0.6) is 0 Å². The number of hydrogen-bond donors (Lipinski definition) is 2. The Labute approximate surface area is 164 Å². The fraction of sp³-hybridized carbons (Fsp3) is 0.150. The highest BCUT2D eigenvalue weighted by atomic mass is 32.1. The van der Waals surface area contributed by atoms with E-state index >= 15 is 0 Å². The molecule has 1 aliphatic heterocycles. The van der Waals surface area contributed by atoms with E-state index in [4.69, 9.17) is 10.2 Å². The zero-order valence-electron chi connectivity index (χ0n) is 14.8. The third-order valence-corrected chi connectivity index (χ3v) is 5.53. The molecule has 2 unspecified atom stereocenters. The van der Waals surface area contributed by atoms with Crippen molar-refractivity contribution in [2.45, 2.75) is 18.9 Å². The van der Waals surface area contributed by atoms with Gasteiger partial charge in [-0.15, -0.1) is 11.3 Å². The standard InChI is InChI=1S/C20H15N5O2S/c1-11-17(18(25-20(27)23-11)14-6-7-16(26)22-9-14)19-24-15(10-28-19)13-4-2-12(8-21)3-5-13/h2-7,9-10,17-18H,1H3,(H,22,26)(H,25,27). The predicted molar refractivity (Wildman–Crippen MR) is 106 cm³/mol. The van der Waals surface area contributed by atoms with Crippen LogP contribution >= 0.6 is 11.3 Å². The van der Waals surface area contributed by atoms with Gasteiger partial charge >= 0.3 is 6.03 Å². The van der Waals surface area contributed by atoms with Crippen LogP contribution in [0.15, 0.2) is 57.8 Å². The molecule has 0 radical (unpaired) electrons. The van der Waals surface area contributed by atoms with Gasteiger partial charge in [-0.25, -0.2) is 14.8 Å². The van der Waals surface area contributed by atoms with Gasteiger partial charge in [0.1, 0.15) is 5.01 Å². The number of aromatic nitrogens is 2. The highest BCUT2D eigenvalue weighted by molar-refractivity contribution is 7.10. The molecule has 0 spiro atoms. The van der Waals surface area contributed by atoms with Crippen LogP contribution in [0.2, 0.25) is 0 Å². The van der Waals surface area contributed by atoms with Gasteiger partial charge in [-0.1, -0.05) is 12.1 Å². The summed E-state index contributed by atoms with van der Waals surface area (Å²) in [7, 11) is 0. The molecule has 7 nitrogen and oxygen atoms in total. The first kappa shape index (κ1) is 17.8. The average molecular weight is 389 g/mol. The second-order valence-corrected chi connectivity index (χ2v) is 7.29. The van der Waals surface area contributed by atoms with Gasteiger partial charge in [0.25, 0.3) is 0 Å². The molecule has 0 saturated carbocycles. The molecule has 0 aliphatic carbocycles. The van der Waals surface area contributed by atoms with Gasteiger partial charge in [-0.3, -0.25) is 4.79 Å². The fourth-order valence-electron chi connectivity index (χ4n) is 3.21. The SMILES string of the molecule is CC1=NC(=O)NC(c2ccc(=O)[nH]c2)C1c1nc(-c2ccc(C#N)cc2)cs1. The molecule has 8 heteroatoms. The van der Waals surface area contributed by atoms with Crippen molar-refractivity contribution in [3.63, 3.8) is 0 Å². The third kappa shape index (κ3) is 3.35. The van der Waals surface area contributed by atoms with E-state index in [1.807, 2.05) is 24.4 Å². The Morgan fingerprint density at radius 3 is 2.61 bits per heavy atom. The molecule has 3 aromatic rings. The number of amides is 2. The monoisotopic (exact) mass is 389 g/mol. The molecule has 3 heterocycles. The highest BCUT2D eigenvalue weighted by Crippen LogP contribution is 2.37. The van der Waals surface area contributed by atoms with Gasteiger partial charge in [0, 0.05) is 28.9 Å². The maximum Gasteiger partial charge on any atom is 0.341 e. The number of nitriles is 1. The largest absolute Gasteiger partial charge is 0.341 e. The summed E-state index contributed by atoms with van der Waals surface area (Å²) in [5.41, 5.74) is 3.55. The second-order valence-electron chi connectivity index (χ2n) is 6.40. The lowest BCUT2D eigenvalue weighted by molar-refractivity contribution is 0.243. The summed E-state index contributed by atoms with van der Waals surface area (Å²) < 4.78 is 0. The van der Waals surface area contributed by atoms with E-state index in [2.05, 4.69) is 21.4 Å². The number of carbonyl (C=O) groups excluding carboxylic acids is 1. The van der Waals surface area contributed by atoms with E-state index in [9.17, 15) is 9.59 Å². The zero-order valence-corrected chi connectivity index (χ0v) is 15.7. The Morgan fingerprint density at radius 2 is 1.93 bits per heavy atom. The normalized spacial score (nSPS) is 18.9. The van der Waals surface area contributed by atoms with Gasteiger partial charge in [0.15, 0.2) is 0 Å². The lowest BCUT2D eigenvalue weighted by atomic mass is 9.89. The zero-order chi connectivity index (χ0) is 19.7. The summed E-state index contributed by atoms with van der Waals surface area (Å²) in [6.45, 7) is 1.81. The van der Waals surface area contributed by atoms with Gasteiger partial charge in [-0.2, -0.15) is 5.26 Å². The van der Waals surface area contributed by atoms with Crippen molar-refractivity contribution >= 4 is 23.1 Å². The molecule has 1 aliphatic rings. The number of pyridine rings is 1. The third-order valence-electron chi connectivity index (χ3n) is 4.61. The molecule has 138 valence electrons. The molecular weight excluding hydrogens is 374 g/mol. The Bertz CT molecular complexity index is 1150. The van der Waals surface area contributed by atoms with E-state index in [1.54, 1.807) is 24.4 Å². The van der Waals surface area contributed by atoms with Crippen molar-refractivity contribution in [2.24, 2.45) is 4.99 Å². The maximum absolute atomic E-state index is 12.0. The fourth-order valence-corrected chi connectivity index (χ4v) is 4.24. The van der Waals surface area contributed by atoms with E-state index < -0.39 is 6.03 Å². The van der Waals surface area contributed by atoms with Crippen LogP contribution < -0.4 is 10.9 Å². The number of benzene rings is 1. The Hall–Kier alpha value is -3.57. The molecule has 1 aromatic carbocycles. The lowest BCUT2D eigenvalue weighted by Gasteiger charge is -2.29. The summed E-state index contributed by atoms with van der Waals surface area (Å²) in [6, 6.07) is 11.7. The molecule has 4 rings (SSSR count). The molecule has 0 fully saturated rings. The molecular formula is C20H15N5O2S. The second kappa shape index (κ2) is 7.21. The highest BCUT2D eigenvalue weighted by Gasteiger charge is 2.35. The number of aromatic amines is 1. The number of thiazole rings is 1. The summed E-state index contributed by atoms with van der Waals surface area (Å²) in [5, 5.41) is 14.6. The van der Waals surface area contributed by atoms with Crippen molar-refractivity contribution in [2.75, 3.05) is 0 Å². The van der Waals surface area contributed by atoms with E-state index in [1.165, 1.54) is 17.4 Å². The molecule has 0 bridgehead atoms. The van der Waals surface area contributed by atoms with Gasteiger partial charge in [-0.05, 0) is 30.7 Å². The minimum atomic E-state index is -0.408. The lowest BCUT2D eigenvalue weighted by Crippen LogP contribution is -2.38. The number of urea groups is 1. The van der Waals surface area contributed by atoms with Crippen molar-refractivity contribution in [1.82, 2.24) is 15.3 Å². The first-order valence-corrected chi connectivity index (χ1v) is 9.43.